The molecule has 27 heavy (non-hydrogen) atoms. The number of nitrogens with one attached hydrogen (secondary N) is 1. The van der Waals surface area contributed by atoms with Gasteiger partial charge in [0, 0.05) is 38.0 Å². The van der Waals surface area contributed by atoms with E-state index in [1.165, 1.54) is 12.8 Å². The third-order valence-corrected chi connectivity index (χ3v) is 6.44. The summed E-state index contributed by atoms with van der Waals surface area (Å²) in [6.07, 6.45) is 4.71. The predicted molar refractivity (Wildman–Crippen MR) is 104 cm³/mol. The average molecular weight is 371 g/mol. The molecule has 1 aromatic carbocycles. The van der Waals surface area contributed by atoms with Gasteiger partial charge in [0.2, 0.25) is 5.91 Å². The third kappa shape index (κ3) is 3.36. The number of benzene rings is 1. The van der Waals surface area contributed by atoms with Crippen molar-refractivity contribution in [2.24, 2.45) is 5.92 Å². The smallest absolute Gasteiger partial charge is 0.251 e. The lowest BCUT2D eigenvalue weighted by Gasteiger charge is -2.38. The van der Waals surface area contributed by atoms with Crippen LogP contribution in [0, 0.1) is 5.92 Å². The number of anilines is 1. The van der Waals surface area contributed by atoms with Crippen LogP contribution in [0.3, 0.4) is 0 Å². The molecule has 3 aliphatic rings. The van der Waals surface area contributed by atoms with Gasteiger partial charge in [-0.15, -0.1) is 0 Å². The Morgan fingerprint density at radius 1 is 1.30 bits per heavy atom. The van der Waals surface area contributed by atoms with Crippen molar-refractivity contribution in [1.82, 2.24) is 10.2 Å². The lowest BCUT2D eigenvalue weighted by atomic mass is 9.73. The van der Waals surface area contributed by atoms with E-state index >= 15 is 0 Å². The number of rotatable bonds is 6. The minimum atomic E-state index is -0.507. The highest BCUT2D eigenvalue weighted by atomic mass is 16.3. The predicted octanol–water partition coefficient (Wildman–Crippen LogP) is 1.52. The second-order valence-corrected chi connectivity index (χ2v) is 8.25. The molecule has 2 fully saturated rings. The Balaban J connectivity index is 1.55. The number of nitrogens with zero attached hydrogens (tertiary/aromatic N) is 2. The number of likely N-dealkylation sites (tertiary alicyclic amines) is 1. The summed E-state index contributed by atoms with van der Waals surface area (Å²) in [5.41, 5.74) is 2.09. The van der Waals surface area contributed by atoms with E-state index in [2.05, 4.69) is 10.2 Å². The first-order valence-electron chi connectivity index (χ1n) is 10.1. The number of aliphatic hydroxyl groups excluding tert-OH is 1. The van der Waals surface area contributed by atoms with Gasteiger partial charge in [-0.25, -0.2) is 0 Å². The van der Waals surface area contributed by atoms with Gasteiger partial charge in [0.05, 0.1) is 5.41 Å². The fourth-order valence-electron chi connectivity index (χ4n) is 4.50. The Bertz CT molecular complexity index is 736. The maximum Gasteiger partial charge on any atom is 0.251 e. The van der Waals surface area contributed by atoms with E-state index in [-0.39, 0.29) is 18.4 Å². The zero-order valence-electron chi connectivity index (χ0n) is 16.0. The number of hydrogen-bond donors (Lipinski definition) is 2. The van der Waals surface area contributed by atoms with Crippen LogP contribution in [0.15, 0.2) is 18.2 Å². The van der Waals surface area contributed by atoms with Crippen LogP contribution in [0.5, 0.6) is 0 Å². The largest absolute Gasteiger partial charge is 0.396 e. The van der Waals surface area contributed by atoms with E-state index in [1.54, 1.807) is 4.90 Å². The molecular weight excluding hydrogens is 342 g/mol. The number of piperidine rings is 1. The summed E-state index contributed by atoms with van der Waals surface area (Å²) in [6.45, 7) is 3.51. The Morgan fingerprint density at radius 2 is 2.04 bits per heavy atom. The number of carbonyl (C=O) groups is 2. The summed E-state index contributed by atoms with van der Waals surface area (Å²) < 4.78 is 0. The van der Waals surface area contributed by atoms with Gasteiger partial charge in [0.25, 0.3) is 5.91 Å². The average Bonchev–Trinajstić information content (AvgIpc) is 3.51. The van der Waals surface area contributed by atoms with Crippen molar-refractivity contribution in [3.63, 3.8) is 0 Å². The van der Waals surface area contributed by atoms with Crippen LogP contribution in [-0.4, -0.2) is 61.7 Å². The van der Waals surface area contributed by atoms with E-state index in [1.807, 2.05) is 25.2 Å². The van der Waals surface area contributed by atoms with E-state index in [0.717, 1.165) is 56.7 Å². The van der Waals surface area contributed by atoms with Gasteiger partial charge in [0.15, 0.2) is 0 Å². The van der Waals surface area contributed by atoms with E-state index in [0.29, 0.717) is 11.5 Å². The van der Waals surface area contributed by atoms with Gasteiger partial charge in [-0.05, 0) is 74.9 Å². The summed E-state index contributed by atoms with van der Waals surface area (Å²) >= 11 is 0. The van der Waals surface area contributed by atoms with Crippen molar-refractivity contribution in [1.29, 1.82) is 0 Å². The minimum absolute atomic E-state index is 0.0396. The number of amides is 2. The topological polar surface area (TPSA) is 72.9 Å². The molecule has 146 valence electrons. The van der Waals surface area contributed by atoms with Crippen LogP contribution < -0.4 is 10.2 Å². The highest BCUT2D eigenvalue weighted by Gasteiger charge is 2.51. The van der Waals surface area contributed by atoms with Crippen LogP contribution >= 0.6 is 0 Å². The molecule has 0 bridgehead atoms. The first-order chi connectivity index (χ1) is 13.0. The molecule has 6 nitrogen and oxygen atoms in total. The van der Waals surface area contributed by atoms with Crippen LogP contribution in [0.2, 0.25) is 0 Å². The summed E-state index contributed by atoms with van der Waals surface area (Å²) in [7, 11) is 1.83. The van der Waals surface area contributed by atoms with Crippen molar-refractivity contribution in [3.8, 4) is 0 Å². The zero-order valence-corrected chi connectivity index (χ0v) is 16.0. The fraction of sp³-hybridized carbons (Fsp3) is 0.619. The zero-order chi connectivity index (χ0) is 19.0. The molecule has 0 unspecified atom stereocenters. The summed E-state index contributed by atoms with van der Waals surface area (Å²) in [6, 6.07) is 5.70. The highest BCUT2D eigenvalue weighted by molar-refractivity contribution is 6.09. The first kappa shape index (κ1) is 18.4. The van der Waals surface area contributed by atoms with Crippen LogP contribution in [0.25, 0.3) is 0 Å². The fourth-order valence-corrected chi connectivity index (χ4v) is 4.50. The molecule has 6 heteroatoms. The van der Waals surface area contributed by atoms with Gasteiger partial charge in [-0.1, -0.05) is 0 Å². The van der Waals surface area contributed by atoms with E-state index in [4.69, 9.17) is 5.11 Å². The van der Waals surface area contributed by atoms with Crippen LogP contribution in [0.1, 0.15) is 48.0 Å². The second kappa shape index (κ2) is 7.24. The molecule has 1 spiro atoms. The van der Waals surface area contributed by atoms with Crippen molar-refractivity contribution in [2.45, 2.75) is 37.5 Å². The third-order valence-electron chi connectivity index (χ3n) is 6.44. The lowest BCUT2D eigenvalue weighted by Crippen LogP contribution is -2.48. The molecule has 0 radical (unpaired) electrons. The molecule has 1 saturated heterocycles. The molecule has 2 heterocycles. The molecule has 1 aromatic rings. The number of likely N-dealkylation sites (N-methyl/N-ethyl adjacent to an activating group) is 1. The van der Waals surface area contributed by atoms with Crippen molar-refractivity contribution in [2.75, 3.05) is 44.7 Å². The van der Waals surface area contributed by atoms with Crippen molar-refractivity contribution < 1.29 is 14.7 Å². The van der Waals surface area contributed by atoms with Gasteiger partial charge in [-0.2, -0.15) is 0 Å². The number of hydrogen-bond acceptors (Lipinski definition) is 4. The van der Waals surface area contributed by atoms with Crippen molar-refractivity contribution >= 4 is 17.5 Å². The van der Waals surface area contributed by atoms with Gasteiger partial charge < -0.3 is 20.2 Å². The van der Waals surface area contributed by atoms with Crippen LogP contribution in [-0.2, 0) is 10.2 Å². The van der Waals surface area contributed by atoms with Gasteiger partial charge in [0.1, 0.15) is 0 Å². The Labute approximate surface area is 160 Å². The summed E-state index contributed by atoms with van der Waals surface area (Å²) in [5.74, 6) is 0.753. The molecular formula is C21H29N3O3. The van der Waals surface area contributed by atoms with Crippen molar-refractivity contribution in [3.05, 3.63) is 29.3 Å². The molecule has 4 rings (SSSR count). The Hall–Kier alpha value is -1.92. The molecule has 2 N–H and O–H groups in total. The number of fused-ring (bicyclic) bond motifs is 2. The molecule has 2 amide bonds. The first-order valence-corrected chi connectivity index (χ1v) is 10.1. The molecule has 2 aliphatic heterocycles. The van der Waals surface area contributed by atoms with Crippen LogP contribution in [0.4, 0.5) is 5.69 Å². The molecule has 0 atom stereocenters. The van der Waals surface area contributed by atoms with Gasteiger partial charge >= 0.3 is 0 Å². The normalized spacial score (nSPS) is 21.6. The van der Waals surface area contributed by atoms with Gasteiger partial charge in [-0.3, -0.25) is 9.59 Å². The molecule has 1 saturated carbocycles. The van der Waals surface area contributed by atoms with E-state index in [9.17, 15) is 9.59 Å². The Kier molecular flexibility index (Phi) is 4.95. The molecule has 0 aromatic heterocycles. The molecule has 1 aliphatic carbocycles. The maximum absolute atomic E-state index is 13.1. The van der Waals surface area contributed by atoms with E-state index < -0.39 is 5.41 Å². The standard InChI is InChI=1S/C21H29N3O3/c1-23-18-6-5-16(19(26)22-14-15-3-4-15)13-17(18)21(20(23)27)7-10-24(11-8-21)9-2-12-25/h5-6,13,15,25H,2-4,7-12,14H2,1H3,(H,22,26). The maximum atomic E-state index is 13.1. The quantitative estimate of drug-likeness (QED) is 0.795. The number of aliphatic hydroxyl groups is 1. The minimum Gasteiger partial charge on any atom is -0.396 e. The summed E-state index contributed by atoms with van der Waals surface area (Å²) in [5, 5.41) is 12.1. The SMILES string of the molecule is CN1C(=O)C2(CCN(CCCO)CC2)c2cc(C(=O)NCC3CC3)ccc21. The number of carbonyl (C=O) groups excluding carboxylic acids is 2. The summed E-state index contributed by atoms with van der Waals surface area (Å²) in [4.78, 5) is 29.7. The lowest BCUT2D eigenvalue weighted by molar-refractivity contribution is -0.124. The Morgan fingerprint density at radius 3 is 2.70 bits per heavy atom. The monoisotopic (exact) mass is 371 g/mol. The second-order valence-electron chi connectivity index (χ2n) is 8.25. The highest BCUT2D eigenvalue weighted by Crippen LogP contribution is 2.47.